The second-order valence-corrected chi connectivity index (χ2v) is 30.1. The van der Waals surface area contributed by atoms with Crippen LogP contribution in [0.5, 0.6) is 0 Å². The molecular weight excluding hydrogens is 1150 g/mol. The van der Waals surface area contributed by atoms with Crippen molar-refractivity contribution in [2.45, 2.75) is 298 Å². The van der Waals surface area contributed by atoms with Gasteiger partial charge in [0.15, 0.2) is 0 Å². The molecule has 2 aliphatic heterocycles. The number of hydrogen-bond acceptors (Lipinski definition) is 8. The highest BCUT2D eigenvalue weighted by atomic mass is 32.1. The van der Waals surface area contributed by atoms with Gasteiger partial charge in [-0.15, -0.1) is 22.7 Å². The van der Waals surface area contributed by atoms with E-state index in [1.807, 2.05) is 19.1 Å². The molecule has 90 heavy (non-hydrogen) atoms. The first-order chi connectivity index (χ1) is 44.1. The number of rotatable bonds is 46. The minimum Gasteiger partial charge on any atom is -0.274 e. The molecule has 0 saturated heterocycles. The molecule has 0 fully saturated rings. The third-order valence-corrected chi connectivity index (χ3v) is 22.8. The van der Waals surface area contributed by atoms with Gasteiger partial charge in [0, 0.05) is 94.0 Å². The Bertz CT molecular complexity index is 3430. The number of carbonyl (C=O) groups is 4. The number of unbranched alkanes of at least 4 members (excludes halogenated alkanes) is 32. The molecule has 0 N–H and O–H groups in total. The highest BCUT2D eigenvalue weighted by Gasteiger charge is 2.40. The lowest BCUT2D eigenvalue weighted by Crippen LogP contribution is -2.43. The van der Waals surface area contributed by atoms with Gasteiger partial charge in [-0.1, -0.05) is 259 Å². The third kappa shape index (κ3) is 17.4. The van der Waals surface area contributed by atoms with Crippen molar-refractivity contribution < 1.29 is 19.2 Å². The first kappa shape index (κ1) is 69.3. The highest BCUT2D eigenvalue weighted by molar-refractivity contribution is 7.24. The van der Waals surface area contributed by atoms with Gasteiger partial charge < -0.3 is 0 Å². The molecule has 488 valence electrons. The van der Waals surface area contributed by atoms with Crippen molar-refractivity contribution in [3.8, 4) is 20.2 Å². The highest BCUT2D eigenvalue weighted by Crippen LogP contribution is 2.51. The third-order valence-electron chi connectivity index (χ3n) is 20.5. The normalized spacial score (nSPS) is 14.2. The largest absolute Gasteiger partial charge is 0.274 e. The van der Waals surface area contributed by atoms with Gasteiger partial charge in [0.05, 0.1) is 22.2 Å². The molecule has 3 aromatic carbocycles. The smallest absolute Gasteiger partial charge is 0.262 e. The molecule has 0 spiro atoms. The summed E-state index contributed by atoms with van der Waals surface area (Å²) in [6.45, 7) is 14.1. The maximum atomic E-state index is 15.6. The molecule has 4 aromatic heterocycles. The van der Waals surface area contributed by atoms with E-state index in [0.29, 0.717) is 57.1 Å². The molecule has 7 aromatic rings. The molecular formula is C80H112N4O4S2. The number of aromatic nitrogens is 2. The molecule has 0 bridgehead atoms. The van der Waals surface area contributed by atoms with Crippen molar-refractivity contribution in [2.75, 3.05) is 13.1 Å². The minimum absolute atomic E-state index is 0.216. The first-order valence-electron chi connectivity index (χ1n) is 37.0. The summed E-state index contributed by atoms with van der Waals surface area (Å²) in [5.74, 6) is -0.562. The lowest BCUT2D eigenvalue weighted by Gasteiger charge is -2.33. The number of fused-ring (bicyclic) bond motifs is 2. The fourth-order valence-electron chi connectivity index (χ4n) is 15.3. The summed E-state index contributed by atoms with van der Waals surface area (Å²) >= 11 is 3.47. The number of imide groups is 2. The van der Waals surface area contributed by atoms with Crippen LogP contribution in [0.3, 0.4) is 0 Å². The molecule has 0 radical (unpaired) electrons. The van der Waals surface area contributed by atoms with Gasteiger partial charge in [-0.3, -0.25) is 38.9 Å². The van der Waals surface area contributed by atoms with Crippen LogP contribution in [0.15, 0.2) is 48.8 Å². The quantitative estimate of drug-likeness (QED) is 0.0163. The van der Waals surface area contributed by atoms with E-state index in [2.05, 4.69) is 58.9 Å². The Kier molecular flexibility index (Phi) is 27.6. The van der Waals surface area contributed by atoms with Crippen LogP contribution in [0, 0.1) is 25.7 Å². The van der Waals surface area contributed by atoms with Crippen molar-refractivity contribution in [1.82, 2.24) is 19.8 Å². The summed E-state index contributed by atoms with van der Waals surface area (Å²) < 4.78 is 0. The second kappa shape index (κ2) is 35.8. The number of nitrogens with zero attached hydrogens (tertiary/aromatic N) is 4. The van der Waals surface area contributed by atoms with Gasteiger partial charge in [-0.25, -0.2) is 0 Å². The molecule has 0 aliphatic carbocycles. The number of hydrogen-bond donors (Lipinski definition) is 0. The van der Waals surface area contributed by atoms with Gasteiger partial charge in [0.25, 0.3) is 23.6 Å². The Morgan fingerprint density at radius 1 is 0.333 bits per heavy atom. The van der Waals surface area contributed by atoms with Crippen LogP contribution in [0.25, 0.3) is 63.5 Å². The van der Waals surface area contributed by atoms with E-state index in [1.165, 1.54) is 215 Å². The fraction of sp³-hybridized carbons (Fsp3) is 0.625. The lowest BCUT2D eigenvalue weighted by atomic mass is 9.82. The zero-order valence-electron chi connectivity index (χ0n) is 56.7. The molecule has 10 heteroatoms. The van der Waals surface area contributed by atoms with Gasteiger partial charge in [0.1, 0.15) is 0 Å². The second-order valence-electron chi connectivity index (χ2n) is 27.7. The average molecular weight is 1260 g/mol. The molecule has 2 atom stereocenters. The monoisotopic (exact) mass is 1260 g/mol. The minimum atomic E-state index is -0.272. The molecule has 4 amide bonds. The van der Waals surface area contributed by atoms with Crippen LogP contribution in [-0.2, 0) is 0 Å². The van der Waals surface area contributed by atoms with E-state index in [9.17, 15) is 0 Å². The van der Waals surface area contributed by atoms with Crippen molar-refractivity contribution in [2.24, 2.45) is 11.8 Å². The Morgan fingerprint density at radius 2 is 0.656 bits per heavy atom. The van der Waals surface area contributed by atoms with Crippen molar-refractivity contribution in [3.63, 3.8) is 0 Å². The van der Waals surface area contributed by atoms with Gasteiger partial charge in [-0.05, 0) is 93.3 Å². The predicted molar refractivity (Wildman–Crippen MR) is 384 cm³/mol. The van der Waals surface area contributed by atoms with E-state index >= 15 is 19.2 Å². The van der Waals surface area contributed by atoms with E-state index in [0.717, 1.165) is 93.8 Å². The van der Waals surface area contributed by atoms with E-state index in [-0.39, 0.29) is 35.5 Å². The summed E-state index contributed by atoms with van der Waals surface area (Å²) in [4.78, 5) is 79.9. The Balaban J connectivity index is 1.04. The summed E-state index contributed by atoms with van der Waals surface area (Å²) in [5.41, 5.74) is 5.02. The van der Waals surface area contributed by atoms with Crippen LogP contribution in [0.2, 0.25) is 0 Å². The van der Waals surface area contributed by atoms with E-state index in [4.69, 9.17) is 9.97 Å². The molecule has 8 nitrogen and oxygen atoms in total. The number of benzene rings is 3. The number of amides is 4. The molecule has 9 rings (SSSR count). The fourth-order valence-corrected chi connectivity index (χ4v) is 17.2. The van der Waals surface area contributed by atoms with Gasteiger partial charge in [0.2, 0.25) is 0 Å². The van der Waals surface area contributed by atoms with Crippen LogP contribution in [0.4, 0.5) is 0 Å². The summed E-state index contributed by atoms with van der Waals surface area (Å²) in [6.07, 6.45) is 53.0. The zero-order chi connectivity index (χ0) is 63.2. The number of pyridine rings is 2. The summed E-state index contributed by atoms with van der Waals surface area (Å²) in [6, 6.07) is 12.7. The first-order valence-corrected chi connectivity index (χ1v) is 38.6. The van der Waals surface area contributed by atoms with E-state index in [1.54, 1.807) is 44.9 Å². The van der Waals surface area contributed by atoms with E-state index < -0.39 is 0 Å². The van der Waals surface area contributed by atoms with Crippen molar-refractivity contribution >= 4 is 89.7 Å². The van der Waals surface area contributed by atoms with Crippen molar-refractivity contribution in [1.29, 1.82) is 0 Å². The number of carbonyl (C=O) groups excluding carboxylic acids is 4. The average Bonchev–Trinajstić information content (AvgIpc) is 0.754. The standard InChI is InChI=1S/C80H112N4O4S2/c1-7-11-15-19-23-27-29-33-37-41-44-59(43-39-35-31-25-21-17-13-9-3)55-83-77(85)62-51-57(5)69-73-70(62)64(79(83)87)54-82-76(73)72-61(66-49-50-68(90-66)67-48-47-58(6)89-67)52-63-71-65(53-81-75(69)74(71)72)80(88)84(78(63)86)56-60(45-40-36-32-26-22-18-14-10-4)46-42-38-34-30-28-24-20-16-12-8-2/h47-54,59-60H,7-46,55-56H2,1-6H3. The SMILES string of the molecule is CCCCCCCCCCCCC(CCCCCCCCCC)CN1C(=O)c2cnc3c4c(-c5ccc(-c6ccc(C)s6)s5)cc5c6c(cnc(c7c(C)cc(c2c37)C1=O)c64)C(=O)N(CC(CCCCCCCCCC)CCCCCCCCCCCC)C5=O. The summed E-state index contributed by atoms with van der Waals surface area (Å²) in [7, 11) is 0. The maximum Gasteiger partial charge on any atom is 0.262 e. The summed E-state index contributed by atoms with van der Waals surface area (Å²) in [5, 5.41) is 4.39. The van der Waals surface area contributed by atoms with Gasteiger partial charge >= 0.3 is 0 Å². The maximum absolute atomic E-state index is 15.6. The number of aryl methyl sites for hydroxylation is 2. The van der Waals surface area contributed by atoms with Crippen LogP contribution >= 0.6 is 22.7 Å². The molecule has 2 unspecified atom stereocenters. The zero-order valence-corrected chi connectivity index (χ0v) is 58.3. The Labute approximate surface area is 550 Å². The Morgan fingerprint density at radius 3 is 1.04 bits per heavy atom. The van der Waals surface area contributed by atoms with Crippen LogP contribution in [0.1, 0.15) is 336 Å². The predicted octanol–water partition coefficient (Wildman–Crippen LogP) is 24.7. The van der Waals surface area contributed by atoms with Crippen LogP contribution < -0.4 is 0 Å². The van der Waals surface area contributed by atoms with Crippen molar-refractivity contribution in [3.05, 3.63) is 81.5 Å². The molecule has 2 aliphatic rings. The lowest BCUT2D eigenvalue weighted by molar-refractivity contribution is 0.0562. The topological polar surface area (TPSA) is 101 Å². The van der Waals surface area contributed by atoms with Crippen LogP contribution in [-0.4, -0.2) is 56.5 Å². The molecule has 0 saturated carbocycles. The molecule has 6 heterocycles. The van der Waals surface area contributed by atoms with Gasteiger partial charge in [-0.2, -0.15) is 0 Å². The number of thiophene rings is 2. The Hall–Kier alpha value is -5.06.